The second-order valence-corrected chi connectivity index (χ2v) is 7.48. The van der Waals surface area contributed by atoms with Crippen molar-refractivity contribution in [3.8, 4) is 0 Å². The molecular formula is C14H18N2O4S. The Morgan fingerprint density at radius 1 is 1.10 bits per heavy atom. The number of rotatable bonds is 3. The summed E-state index contributed by atoms with van der Waals surface area (Å²) >= 11 is 0. The predicted octanol–water partition coefficient (Wildman–Crippen LogP) is 1.41. The number of hydrogen-bond acceptors (Lipinski definition) is 4. The molecule has 1 heterocycles. The highest BCUT2D eigenvalue weighted by atomic mass is 32.2. The van der Waals surface area contributed by atoms with Crippen molar-refractivity contribution in [2.24, 2.45) is 5.92 Å². The first-order valence-electron chi connectivity index (χ1n) is 6.75. The van der Waals surface area contributed by atoms with E-state index >= 15 is 0 Å². The van der Waals surface area contributed by atoms with Crippen LogP contribution >= 0.6 is 0 Å². The van der Waals surface area contributed by atoms with Crippen LogP contribution in [0.1, 0.15) is 19.8 Å². The van der Waals surface area contributed by atoms with Crippen LogP contribution in [0.15, 0.2) is 24.3 Å². The van der Waals surface area contributed by atoms with Gasteiger partial charge in [-0.25, -0.2) is 8.42 Å². The van der Waals surface area contributed by atoms with Crippen LogP contribution in [0.5, 0.6) is 0 Å². The summed E-state index contributed by atoms with van der Waals surface area (Å²) in [5.74, 6) is -0.507. The van der Waals surface area contributed by atoms with Crippen molar-refractivity contribution in [3.63, 3.8) is 0 Å². The summed E-state index contributed by atoms with van der Waals surface area (Å²) < 4.78 is 22.7. The maximum atomic E-state index is 12.1. The van der Waals surface area contributed by atoms with Gasteiger partial charge in [0.1, 0.15) is 9.84 Å². The lowest BCUT2D eigenvalue weighted by atomic mass is 10.0. The molecule has 0 aliphatic carbocycles. The van der Waals surface area contributed by atoms with E-state index in [4.69, 9.17) is 0 Å². The van der Waals surface area contributed by atoms with Gasteiger partial charge in [0.2, 0.25) is 11.8 Å². The first-order valence-corrected chi connectivity index (χ1v) is 8.57. The first kappa shape index (κ1) is 15.5. The van der Waals surface area contributed by atoms with E-state index in [1.54, 1.807) is 24.3 Å². The number of carbonyl (C=O) groups is 2. The highest BCUT2D eigenvalue weighted by Crippen LogP contribution is 2.22. The summed E-state index contributed by atoms with van der Waals surface area (Å²) in [6, 6.07) is 6.85. The molecule has 2 N–H and O–H groups in total. The Hall–Kier alpha value is -1.89. The monoisotopic (exact) mass is 310 g/mol. The number of sulfone groups is 1. The topological polar surface area (TPSA) is 92.3 Å². The molecule has 0 radical (unpaired) electrons. The average molecular weight is 310 g/mol. The fourth-order valence-electron chi connectivity index (χ4n) is 2.27. The predicted molar refractivity (Wildman–Crippen MR) is 80.8 cm³/mol. The smallest absolute Gasteiger partial charge is 0.227 e. The van der Waals surface area contributed by atoms with Crippen molar-refractivity contribution < 1.29 is 18.0 Å². The standard InChI is InChI=1S/C14H18N2O4S/c1-10(17)15-12-3-2-4-13(9-12)16-14(18)11-5-7-21(19,20)8-6-11/h2-4,9,11H,5-8H2,1H3,(H,15,17)(H,16,18). The molecule has 7 heteroatoms. The van der Waals surface area contributed by atoms with E-state index in [0.29, 0.717) is 24.2 Å². The molecule has 0 unspecified atom stereocenters. The van der Waals surface area contributed by atoms with Crippen LogP contribution in [0.4, 0.5) is 11.4 Å². The van der Waals surface area contributed by atoms with Gasteiger partial charge < -0.3 is 10.6 Å². The van der Waals surface area contributed by atoms with Crippen LogP contribution in [0.25, 0.3) is 0 Å². The molecule has 0 bridgehead atoms. The Balaban J connectivity index is 1.98. The van der Waals surface area contributed by atoms with Gasteiger partial charge in [0, 0.05) is 24.2 Å². The zero-order valence-corrected chi connectivity index (χ0v) is 12.6. The van der Waals surface area contributed by atoms with Crippen molar-refractivity contribution in [2.75, 3.05) is 22.1 Å². The van der Waals surface area contributed by atoms with Crippen molar-refractivity contribution >= 4 is 33.0 Å². The van der Waals surface area contributed by atoms with Gasteiger partial charge in [-0.1, -0.05) is 6.07 Å². The molecule has 0 atom stereocenters. The van der Waals surface area contributed by atoms with E-state index in [1.165, 1.54) is 6.92 Å². The fraction of sp³-hybridized carbons (Fsp3) is 0.429. The number of amides is 2. The lowest BCUT2D eigenvalue weighted by Crippen LogP contribution is -2.31. The highest BCUT2D eigenvalue weighted by molar-refractivity contribution is 7.91. The molecule has 0 saturated carbocycles. The number of anilines is 2. The Labute approximate surface area is 123 Å². The number of hydrogen-bond donors (Lipinski definition) is 2. The molecule has 1 fully saturated rings. The summed E-state index contributed by atoms with van der Waals surface area (Å²) in [5.41, 5.74) is 1.19. The van der Waals surface area contributed by atoms with Gasteiger partial charge >= 0.3 is 0 Å². The summed E-state index contributed by atoms with van der Waals surface area (Å²) in [5, 5.41) is 5.41. The maximum Gasteiger partial charge on any atom is 0.227 e. The van der Waals surface area contributed by atoms with Gasteiger partial charge in [-0.2, -0.15) is 0 Å². The molecular weight excluding hydrogens is 292 g/mol. The van der Waals surface area contributed by atoms with Crippen LogP contribution in [-0.2, 0) is 19.4 Å². The molecule has 0 spiro atoms. The van der Waals surface area contributed by atoms with Crippen LogP contribution in [0.2, 0.25) is 0 Å². The third kappa shape index (κ3) is 4.56. The summed E-state index contributed by atoms with van der Waals surface area (Å²) in [6.07, 6.45) is 0.721. The summed E-state index contributed by atoms with van der Waals surface area (Å²) in [7, 11) is -2.97. The van der Waals surface area contributed by atoms with Crippen LogP contribution in [0.3, 0.4) is 0 Å². The van der Waals surface area contributed by atoms with Gasteiger partial charge in [0.15, 0.2) is 0 Å². The summed E-state index contributed by atoms with van der Waals surface area (Å²) in [6.45, 7) is 1.41. The zero-order valence-electron chi connectivity index (χ0n) is 11.8. The minimum Gasteiger partial charge on any atom is -0.326 e. The largest absolute Gasteiger partial charge is 0.326 e. The molecule has 1 aromatic rings. The molecule has 1 aliphatic rings. The van der Waals surface area contributed by atoms with E-state index in [9.17, 15) is 18.0 Å². The first-order chi connectivity index (χ1) is 9.85. The lowest BCUT2D eigenvalue weighted by Gasteiger charge is -2.21. The third-order valence-corrected chi connectivity index (χ3v) is 5.09. The van der Waals surface area contributed by atoms with Gasteiger partial charge in [-0.15, -0.1) is 0 Å². The van der Waals surface area contributed by atoms with E-state index < -0.39 is 9.84 Å². The summed E-state index contributed by atoms with van der Waals surface area (Å²) in [4.78, 5) is 23.1. The van der Waals surface area contributed by atoms with Crippen molar-refractivity contribution in [2.45, 2.75) is 19.8 Å². The molecule has 1 aliphatic heterocycles. The van der Waals surface area contributed by atoms with E-state index in [-0.39, 0.29) is 29.2 Å². The van der Waals surface area contributed by atoms with Gasteiger partial charge in [-0.05, 0) is 31.0 Å². The quantitative estimate of drug-likeness (QED) is 0.883. The minimum absolute atomic E-state index is 0.0665. The van der Waals surface area contributed by atoms with E-state index in [1.807, 2.05) is 0 Å². The van der Waals surface area contributed by atoms with Gasteiger partial charge in [-0.3, -0.25) is 9.59 Å². The molecule has 2 amide bonds. The molecule has 1 aromatic carbocycles. The van der Waals surface area contributed by atoms with Crippen molar-refractivity contribution in [1.82, 2.24) is 0 Å². The minimum atomic E-state index is -2.97. The SMILES string of the molecule is CC(=O)Nc1cccc(NC(=O)C2CCS(=O)(=O)CC2)c1. The van der Waals surface area contributed by atoms with Crippen molar-refractivity contribution in [3.05, 3.63) is 24.3 Å². The lowest BCUT2D eigenvalue weighted by molar-refractivity contribution is -0.120. The second-order valence-electron chi connectivity index (χ2n) is 5.18. The zero-order chi connectivity index (χ0) is 15.5. The highest BCUT2D eigenvalue weighted by Gasteiger charge is 2.28. The van der Waals surface area contributed by atoms with E-state index in [0.717, 1.165) is 0 Å². The van der Waals surface area contributed by atoms with Crippen LogP contribution in [-0.4, -0.2) is 31.7 Å². The Morgan fingerprint density at radius 3 is 2.24 bits per heavy atom. The van der Waals surface area contributed by atoms with Crippen LogP contribution in [0, 0.1) is 5.92 Å². The van der Waals surface area contributed by atoms with Crippen LogP contribution < -0.4 is 10.6 Å². The van der Waals surface area contributed by atoms with Gasteiger partial charge in [0.25, 0.3) is 0 Å². The number of carbonyl (C=O) groups excluding carboxylic acids is 2. The molecule has 1 saturated heterocycles. The Morgan fingerprint density at radius 2 is 1.67 bits per heavy atom. The van der Waals surface area contributed by atoms with Crippen molar-refractivity contribution in [1.29, 1.82) is 0 Å². The Kier molecular flexibility index (Phi) is 4.62. The molecule has 21 heavy (non-hydrogen) atoms. The van der Waals surface area contributed by atoms with E-state index in [2.05, 4.69) is 10.6 Å². The Bertz CT molecular complexity index is 641. The average Bonchev–Trinajstić information content (AvgIpc) is 2.38. The molecule has 6 nitrogen and oxygen atoms in total. The fourth-order valence-corrected chi connectivity index (χ4v) is 3.77. The molecule has 0 aromatic heterocycles. The number of benzene rings is 1. The maximum absolute atomic E-state index is 12.1. The number of nitrogens with one attached hydrogen (secondary N) is 2. The second kappa shape index (κ2) is 6.26. The molecule has 114 valence electrons. The normalized spacial score (nSPS) is 18.0. The third-order valence-electron chi connectivity index (χ3n) is 3.38. The van der Waals surface area contributed by atoms with Gasteiger partial charge in [0.05, 0.1) is 11.5 Å². The molecule has 2 rings (SSSR count).